The van der Waals surface area contributed by atoms with E-state index in [1.54, 1.807) is 11.3 Å². The number of ether oxygens (including phenoxy) is 1. The zero-order valence-electron chi connectivity index (χ0n) is 15.4. The first kappa shape index (κ1) is 20.4. The number of aromatic nitrogens is 3. The molecular weight excluding hydrogens is 372 g/mol. The van der Waals surface area contributed by atoms with Crippen LogP contribution < -0.4 is 5.32 Å². The minimum Gasteiger partial charge on any atom is -0.467 e. The lowest BCUT2D eigenvalue weighted by atomic mass is 10.0. The molecule has 142 valence electrons. The highest BCUT2D eigenvalue weighted by molar-refractivity contribution is 7.99. The van der Waals surface area contributed by atoms with Crippen LogP contribution in [0.5, 0.6) is 0 Å². The highest BCUT2D eigenvalue weighted by atomic mass is 32.2. The Kier molecular flexibility index (Phi) is 7.65. The van der Waals surface area contributed by atoms with Crippen molar-refractivity contribution in [2.75, 3.05) is 12.9 Å². The molecular formula is C17H24N4O3S2. The summed E-state index contributed by atoms with van der Waals surface area (Å²) in [4.78, 5) is 25.1. The van der Waals surface area contributed by atoms with E-state index in [2.05, 4.69) is 15.5 Å². The Morgan fingerprint density at radius 1 is 1.38 bits per heavy atom. The fraction of sp³-hybridized carbons (Fsp3) is 0.529. The maximum Gasteiger partial charge on any atom is 0.328 e. The summed E-state index contributed by atoms with van der Waals surface area (Å²) in [7, 11) is 1.33. The molecule has 0 radical (unpaired) electrons. The average molecular weight is 397 g/mol. The SMILES string of the molecule is CCn1c(SCC(=O)N[C@H](CC(C)C)C(=O)OC)nnc1-c1cccs1. The molecule has 1 amide bonds. The molecule has 1 atom stereocenters. The van der Waals surface area contributed by atoms with Gasteiger partial charge in [-0.05, 0) is 30.7 Å². The number of methoxy groups -OCH3 is 1. The largest absolute Gasteiger partial charge is 0.467 e. The molecule has 0 aliphatic rings. The van der Waals surface area contributed by atoms with E-state index >= 15 is 0 Å². The topological polar surface area (TPSA) is 86.1 Å². The Morgan fingerprint density at radius 2 is 2.15 bits per heavy atom. The van der Waals surface area contributed by atoms with Crippen LogP contribution in [0, 0.1) is 5.92 Å². The first-order chi connectivity index (χ1) is 12.5. The molecule has 0 aliphatic heterocycles. The second-order valence-corrected chi connectivity index (χ2v) is 7.98. The molecule has 0 saturated heterocycles. The first-order valence-corrected chi connectivity index (χ1v) is 10.3. The van der Waals surface area contributed by atoms with Crippen LogP contribution in [0.4, 0.5) is 0 Å². The maximum absolute atomic E-state index is 12.3. The number of rotatable bonds is 9. The molecule has 0 saturated carbocycles. The minimum atomic E-state index is -0.626. The van der Waals surface area contributed by atoms with Gasteiger partial charge >= 0.3 is 5.97 Å². The summed E-state index contributed by atoms with van der Waals surface area (Å²) in [5.41, 5.74) is 0. The van der Waals surface area contributed by atoms with Gasteiger partial charge in [-0.1, -0.05) is 31.7 Å². The van der Waals surface area contributed by atoms with E-state index in [0.717, 1.165) is 10.7 Å². The van der Waals surface area contributed by atoms with E-state index < -0.39 is 12.0 Å². The van der Waals surface area contributed by atoms with Crippen molar-refractivity contribution in [2.24, 2.45) is 5.92 Å². The second kappa shape index (κ2) is 9.72. The fourth-order valence-corrected chi connectivity index (χ4v) is 3.99. The highest BCUT2D eigenvalue weighted by Crippen LogP contribution is 2.27. The number of esters is 1. The lowest BCUT2D eigenvalue weighted by molar-refractivity contribution is -0.145. The Hall–Kier alpha value is -1.87. The molecule has 0 aromatic carbocycles. The number of thiophene rings is 1. The van der Waals surface area contributed by atoms with Gasteiger partial charge in [0.15, 0.2) is 11.0 Å². The number of thioether (sulfide) groups is 1. The minimum absolute atomic E-state index is 0.161. The molecule has 2 heterocycles. The van der Waals surface area contributed by atoms with Gasteiger partial charge in [0.05, 0.1) is 17.7 Å². The van der Waals surface area contributed by atoms with Gasteiger partial charge in [0.2, 0.25) is 5.91 Å². The highest BCUT2D eigenvalue weighted by Gasteiger charge is 2.23. The maximum atomic E-state index is 12.3. The smallest absolute Gasteiger partial charge is 0.328 e. The quantitative estimate of drug-likeness (QED) is 0.518. The van der Waals surface area contributed by atoms with E-state index in [4.69, 9.17) is 4.74 Å². The van der Waals surface area contributed by atoms with Gasteiger partial charge in [-0.2, -0.15) is 0 Å². The molecule has 0 fully saturated rings. The lowest BCUT2D eigenvalue weighted by Gasteiger charge is -2.18. The molecule has 26 heavy (non-hydrogen) atoms. The zero-order valence-corrected chi connectivity index (χ0v) is 17.0. The third-order valence-electron chi connectivity index (χ3n) is 3.64. The summed E-state index contributed by atoms with van der Waals surface area (Å²) in [5.74, 6) is 0.582. The molecule has 0 bridgehead atoms. The first-order valence-electron chi connectivity index (χ1n) is 8.43. The monoisotopic (exact) mass is 396 g/mol. The van der Waals surface area contributed by atoms with E-state index in [-0.39, 0.29) is 17.6 Å². The molecule has 0 spiro atoms. The van der Waals surface area contributed by atoms with Crippen LogP contribution in [-0.2, 0) is 20.9 Å². The van der Waals surface area contributed by atoms with Gasteiger partial charge in [-0.3, -0.25) is 4.79 Å². The Labute approximate surface area is 161 Å². The number of nitrogens with one attached hydrogen (secondary N) is 1. The van der Waals surface area contributed by atoms with Gasteiger partial charge in [0.25, 0.3) is 0 Å². The van der Waals surface area contributed by atoms with Crippen molar-refractivity contribution in [1.82, 2.24) is 20.1 Å². The molecule has 0 unspecified atom stereocenters. The lowest BCUT2D eigenvalue weighted by Crippen LogP contribution is -2.43. The normalized spacial score (nSPS) is 12.2. The van der Waals surface area contributed by atoms with Crippen molar-refractivity contribution in [2.45, 2.75) is 44.9 Å². The summed E-state index contributed by atoms with van der Waals surface area (Å²) < 4.78 is 6.75. The molecule has 7 nitrogen and oxygen atoms in total. The average Bonchev–Trinajstić information content (AvgIpc) is 3.26. The van der Waals surface area contributed by atoms with Crippen molar-refractivity contribution in [3.8, 4) is 10.7 Å². The molecule has 0 aliphatic carbocycles. The van der Waals surface area contributed by atoms with Crippen molar-refractivity contribution >= 4 is 35.0 Å². The molecule has 9 heteroatoms. The van der Waals surface area contributed by atoms with E-state index in [1.165, 1.54) is 18.9 Å². The number of hydrogen-bond donors (Lipinski definition) is 1. The molecule has 2 aromatic rings. The van der Waals surface area contributed by atoms with Gasteiger partial charge in [-0.25, -0.2) is 4.79 Å². The Balaban J connectivity index is 1.99. The molecule has 2 rings (SSSR count). The predicted octanol–water partition coefficient (Wildman–Crippen LogP) is 2.82. The summed E-state index contributed by atoms with van der Waals surface area (Å²) in [6.07, 6.45) is 0.538. The van der Waals surface area contributed by atoms with Gasteiger partial charge in [0.1, 0.15) is 6.04 Å². The van der Waals surface area contributed by atoms with Crippen LogP contribution in [0.3, 0.4) is 0 Å². The van der Waals surface area contributed by atoms with Crippen molar-refractivity contribution < 1.29 is 14.3 Å². The number of amides is 1. The van der Waals surface area contributed by atoms with Crippen LogP contribution in [-0.4, -0.2) is 45.5 Å². The molecule has 2 aromatic heterocycles. The standard InChI is InChI=1S/C17H24N4O3S2/c1-5-21-15(13-7-6-8-25-13)19-20-17(21)26-10-14(22)18-12(9-11(2)3)16(23)24-4/h6-8,11-12H,5,9-10H2,1-4H3,(H,18,22)/t12-/m1/s1. The predicted molar refractivity (Wildman–Crippen MR) is 103 cm³/mol. The number of nitrogens with zero attached hydrogens (tertiary/aromatic N) is 3. The van der Waals surface area contributed by atoms with Crippen LogP contribution in [0.15, 0.2) is 22.7 Å². The number of hydrogen-bond acceptors (Lipinski definition) is 7. The van der Waals surface area contributed by atoms with E-state index in [0.29, 0.717) is 18.1 Å². The zero-order chi connectivity index (χ0) is 19.1. The summed E-state index contributed by atoms with van der Waals surface area (Å²) in [6, 6.07) is 3.34. The summed E-state index contributed by atoms with van der Waals surface area (Å²) in [6.45, 7) is 6.71. The fourth-order valence-electron chi connectivity index (χ4n) is 2.46. The number of carbonyl (C=O) groups excluding carboxylic acids is 2. The Morgan fingerprint density at radius 3 is 2.73 bits per heavy atom. The number of carbonyl (C=O) groups is 2. The third kappa shape index (κ3) is 5.31. The Bertz CT molecular complexity index is 728. The summed E-state index contributed by atoms with van der Waals surface area (Å²) >= 11 is 2.91. The van der Waals surface area contributed by atoms with Crippen LogP contribution in [0.1, 0.15) is 27.2 Å². The van der Waals surface area contributed by atoms with Crippen LogP contribution in [0.2, 0.25) is 0 Å². The second-order valence-electron chi connectivity index (χ2n) is 6.09. The van der Waals surface area contributed by atoms with Crippen molar-refractivity contribution in [3.05, 3.63) is 17.5 Å². The molecule has 1 N–H and O–H groups in total. The van der Waals surface area contributed by atoms with Crippen LogP contribution >= 0.6 is 23.1 Å². The summed E-state index contributed by atoms with van der Waals surface area (Å²) in [5, 5.41) is 13.9. The van der Waals surface area contributed by atoms with Gasteiger partial charge < -0.3 is 14.6 Å². The van der Waals surface area contributed by atoms with Crippen molar-refractivity contribution in [1.29, 1.82) is 0 Å². The van der Waals surface area contributed by atoms with Gasteiger partial charge in [-0.15, -0.1) is 21.5 Å². The van der Waals surface area contributed by atoms with E-state index in [9.17, 15) is 9.59 Å². The van der Waals surface area contributed by atoms with Gasteiger partial charge in [0, 0.05) is 6.54 Å². The van der Waals surface area contributed by atoms with Crippen molar-refractivity contribution in [3.63, 3.8) is 0 Å². The van der Waals surface area contributed by atoms with Crippen LogP contribution in [0.25, 0.3) is 10.7 Å². The third-order valence-corrected chi connectivity index (χ3v) is 5.47. The van der Waals surface area contributed by atoms with E-state index in [1.807, 2.05) is 42.9 Å².